The molecule has 0 aromatic heterocycles. The zero-order valence-electron chi connectivity index (χ0n) is 13.8. The number of rotatable bonds is 6. The van der Waals surface area contributed by atoms with Crippen molar-refractivity contribution in [3.05, 3.63) is 25.3 Å². The summed E-state index contributed by atoms with van der Waals surface area (Å²) in [6.07, 6.45) is 4.93. The lowest BCUT2D eigenvalue weighted by Gasteiger charge is -2.31. The van der Waals surface area contributed by atoms with Gasteiger partial charge in [-0.25, -0.2) is 4.79 Å². The number of allylic oxidation sites excluding steroid dienone is 1. The van der Waals surface area contributed by atoms with Crippen molar-refractivity contribution in [1.82, 2.24) is 4.90 Å². The fourth-order valence-corrected chi connectivity index (χ4v) is 2.60. The molecular formula is C17H27NO4. The second-order valence-corrected chi connectivity index (χ2v) is 6.43. The highest BCUT2D eigenvalue weighted by Crippen LogP contribution is 2.29. The molecule has 1 aliphatic heterocycles. The third-order valence-electron chi connectivity index (χ3n) is 3.46. The van der Waals surface area contributed by atoms with Crippen molar-refractivity contribution in [2.45, 2.75) is 51.7 Å². The van der Waals surface area contributed by atoms with Crippen LogP contribution < -0.4 is 0 Å². The molecule has 0 unspecified atom stereocenters. The topological polar surface area (TPSA) is 55.8 Å². The molecule has 1 fully saturated rings. The van der Waals surface area contributed by atoms with Gasteiger partial charge in [-0.1, -0.05) is 18.7 Å². The first-order valence-corrected chi connectivity index (χ1v) is 7.68. The molecule has 5 heteroatoms. The summed E-state index contributed by atoms with van der Waals surface area (Å²) in [4.78, 5) is 26.2. The standard InChI is InChI=1S/C17H27NO4/c1-6-9-13(15(19)21-12-7-2)14-10-8-11-18(14)16(20)22-17(3,4)5/h6-7,13-14H,1-2,8-12H2,3-5H3/t13-,14-/m0/s1. The summed E-state index contributed by atoms with van der Waals surface area (Å²) >= 11 is 0. The van der Waals surface area contributed by atoms with E-state index in [0.29, 0.717) is 13.0 Å². The molecule has 1 heterocycles. The average molecular weight is 309 g/mol. The molecule has 1 rings (SSSR count). The number of likely N-dealkylation sites (tertiary alicyclic amines) is 1. The van der Waals surface area contributed by atoms with Crippen LogP contribution in [0.15, 0.2) is 25.3 Å². The smallest absolute Gasteiger partial charge is 0.410 e. The van der Waals surface area contributed by atoms with Crippen LogP contribution in [0.4, 0.5) is 4.79 Å². The van der Waals surface area contributed by atoms with Crippen LogP contribution in [0.1, 0.15) is 40.0 Å². The summed E-state index contributed by atoms with van der Waals surface area (Å²) in [5, 5.41) is 0. The van der Waals surface area contributed by atoms with E-state index in [1.165, 1.54) is 6.08 Å². The molecule has 1 amide bonds. The van der Waals surface area contributed by atoms with Crippen LogP contribution in [-0.4, -0.2) is 41.8 Å². The van der Waals surface area contributed by atoms with E-state index in [2.05, 4.69) is 13.2 Å². The molecule has 0 N–H and O–H groups in total. The summed E-state index contributed by atoms with van der Waals surface area (Å²) < 4.78 is 10.6. The van der Waals surface area contributed by atoms with Gasteiger partial charge in [0.2, 0.25) is 0 Å². The fraction of sp³-hybridized carbons (Fsp3) is 0.647. The Morgan fingerprint density at radius 2 is 2.00 bits per heavy atom. The van der Waals surface area contributed by atoms with Crippen molar-refractivity contribution in [3.8, 4) is 0 Å². The zero-order chi connectivity index (χ0) is 16.8. The van der Waals surface area contributed by atoms with Gasteiger partial charge in [-0.2, -0.15) is 0 Å². The maximum absolute atomic E-state index is 12.3. The number of hydrogen-bond donors (Lipinski definition) is 0. The van der Waals surface area contributed by atoms with E-state index in [4.69, 9.17) is 9.47 Å². The molecule has 1 saturated heterocycles. The maximum Gasteiger partial charge on any atom is 0.410 e. The number of carbonyl (C=O) groups excluding carboxylic acids is 2. The largest absolute Gasteiger partial charge is 0.461 e. The van der Waals surface area contributed by atoms with Crippen molar-refractivity contribution in [2.24, 2.45) is 5.92 Å². The molecule has 5 nitrogen and oxygen atoms in total. The SMILES string of the molecule is C=CCOC(=O)[C@@H](CC=C)[C@@H]1CCCN1C(=O)OC(C)(C)C. The van der Waals surface area contributed by atoms with Crippen molar-refractivity contribution in [1.29, 1.82) is 0 Å². The molecule has 0 spiro atoms. The molecule has 22 heavy (non-hydrogen) atoms. The van der Waals surface area contributed by atoms with Gasteiger partial charge >= 0.3 is 12.1 Å². The van der Waals surface area contributed by atoms with Crippen LogP contribution in [0, 0.1) is 5.92 Å². The van der Waals surface area contributed by atoms with Crippen molar-refractivity contribution in [3.63, 3.8) is 0 Å². The molecule has 124 valence electrons. The van der Waals surface area contributed by atoms with Gasteiger partial charge in [0, 0.05) is 12.6 Å². The maximum atomic E-state index is 12.3. The third-order valence-corrected chi connectivity index (χ3v) is 3.46. The normalized spacial score (nSPS) is 19.4. The first-order valence-electron chi connectivity index (χ1n) is 7.68. The predicted octanol–water partition coefficient (Wildman–Crippen LogP) is 3.31. The number of nitrogens with zero attached hydrogens (tertiary/aromatic N) is 1. The lowest BCUT2D eigenvalue weighted by molar-refractivity contribution is -0.149. The number of hydrogen-bond acceptors (Lipinski definition) is 4. The Hall–Kier alpha value is -1.78. The minimum Gasteiger partial charge on any atom is -0.461 e. The van der Waals surface area contributed by atoms with Crippen molar-refractivity contribution < 1.29 is 19.1 Å². The Kier molecular flexibility index (Phi) is 6.65. The number of carbonyl (C=O) groups is 2. The molecule has 0 radical (unpaired) electrons. The first kappa shape index (κ1) is 18.3. The van der Waals surface area contributed by atoms with Crippen LogP contribution in [0.2, 0.25) is 0 Å². The Balaban J connectivity index is 2.83. The van der Waals surface area contributed by atoms with E-state index in [1.807, 2.05) is 20.8 Å². The second kappa shape index (κ2) is 8.01. The van der Waals surface area contributed by atoms with E-state index < -0.39 is 11.5 Å². The summed E-state index contributed by atoms with van der Waals surface area (Å²) in [7, 11) is 0. The first-order chi connectivity index (χ1) is 10.3. The summed E-state index contributed by atoms with van der Waals surface area (Å²) in [6, 6.07) is -0.204. The molecule has 1 aliphatic rings. The fourth-order valence-electron chi connectivity index (χ4n) is 2.60. The zero-order valence-corrected chi connectivity index (χ0v) is 13.8. The van der Waals surface area contributed by atoms with Crippen LogP contribution in [0.5, 0.6) is 0 Å². The molecule has 0 aromatic carbocycles. The van der Waals surface area contributed by atoms with Gasteiger partial charge in [0.25, 0.3) is 0 Å². The van der Waals surface area contributed by atoms with E-state index in [0.717, 1.165) is 12.8 Å². The van der Waals surface area contributed by atoms with Gasteiger partial charge in [-0.3, -0.25) is 4.79 Å². The van der Waals surface area contributed by atoms with Crippen molar-refractivity contribution >= 4 is 12.1 Å². The average Bonchev–Trinajstić information content (AvgIpc) is 2.89. The van der Waals surface area contributed by atoms with Gasteiger partial charge in [0.1, 0.15) is 12.2 Å². The number of ether oxygens (including phenoxy) is 2. The highest BCUT2D eigenvalue weighted by atomic mass is 16.6. The molecule has 0 saturated carbocycles. The summed E-state index contributed by atoms with van der Waals surface area (Å²) in [5.74, 6) is -0.729. The molecule has 0 aliphatic carbocycles. The van der Waals surface area contributed by atoms with E-state index in [-0.39, 0.29) is 24.7 Å². The predicted molar refractivity (Wildman–Crippen MR) is 85.4 cm³/mol. The van der Waals surface area contributed by atoms with Crippen molar-refractivity contribution in [2.75, 3.05) is 13.2 Å². The summed E-state index contributed by atoms with van der Waals surface area (Å²) in [5.41, 5.74) is -0.554. The van der Waals surface area contributed by atoms with E-state index >= 15 is 0 Å². The highest BCUT2D eigenvalue weighted by Gasteiger charge is 2.40. The molecular weight excluding hydrogens is 282 g/mol. The Bertz CT molecular complexity index is 425. The molecule has 0 bridgehead atoms. The summed E-state index contributed by atoms with van der Waals surface area (Å²) in [6.45, 7) is 13.5. The van der Waals surface area contributed by atoms with Gasteiger partial charge < -0.3 is 14.4 Å². The lowest BCUT2D eigenvalue weighted by atomic mass is 9.94. The second-order valence-electron chi connectivity index (χ2n) is 6.43. The number of esters is 1. The van der Waals surface area contributed by atoms with E-state index in [9.17, 15) is 9.59 Å². The highest BCUT2D eigenvalue weighted by molar-refractivity contribution is 5.76. The Morgan fingerprint density at radius 1 is 1.32 bits per heavy atom. The van der Waals surface area contributed by atoms with E-state index in [1.54, 1.807) is 11.0 Å². The van der Waals surface area contributed by atoms with Gasteiger partial charge in [0.15, 0.2) is 0 Å². The Labute approximate surface area is 133 Å². The minimum absolute atomic E-state index is 0.172. The van der Waals surface area contributed by atoms with Gasteiger partial charge in [-0.15, -0.1) is 6.58 Å². The quantitative estimate of drug-likeness (QED) is 0.558. The van der Waals surface area contributed by atoms with Crippen LogP contribution >= 0.6 is 0 Å². The van der Waals surface area contributed by atoms with Crippen LogP contribution in [0.3, 0.4) is 0 Å². The Morgan fingerprint density at radius 3 is 2.55 bits per heavy atom. The molecule has 2 atom stereocenters. The number of amides is 1. The monoisotopic (exact) mass is 309 g/mol. The lowest BCUT2D eigenvalue weighted by Crippen LogP contribution is -2.45. The minimum atomic E-state index is -0.554. The van der Waals surface area contributed by atoms with Crippen LogP contribution in [-0.2, 0) is 14.3 Å². The van der Waals surface area contributed by atoms with Gasteiger partial charge in [-0.05, 0) is 40.0 Å². The van der Waals surface area contributed by atoms with Gasteiger partial charge in [0.05, 0.1) is 5.92 Å². The van der Waals surface area contributed by atoms with Crippen LogP contribution in [0.25, 0.3) is 0 Å². The third kappa shape index (κ3) is 5.20. The molecule has 0 aromatic rings.